The smallest absolute Gasteiger partial charge is 0.297 e. The third-order valence-electron chi connectivity index (χ3n) is 3.04. The van der Waals surface area contributed by atoms with Crippen molar-refractivity contribution >= 4 is 10.1 Å². The number of aryl methyl sites for hydroxylation is 1. The Morgan fingerprint density at radius 1 is 1.05 bits per heavy atom. The number of hydrogen-bond donors (Lipinski definition) is 1. The van der Waals surface area contributed by atoms with Crippen LogP contribution in [0.25, 0.3) is 0 Å². The van der Waals surface area contributed by atoms with Crippen LogP contribution in [0.5, 0.6) is 0 Å². The summed E-state index contributed by atoms with van der Waals surface area (Å²) < 4.78 is 28.8. The number of aliphatic hydroxyl groups excluding tert-OH is 1. The SMILES string of the molecule is Cc1ccc(S(=O)(=O)OCC(O)Cc2ccccc2)cc1. The maximum atomic E-state index is 12.0. The van der Waals surface area contributed by atoms with Crippen LogP contribution in [-0.4, -0.2) is 26.2 Å². The van der Waals surface area contributed by atoms with Gasteiger partial charge >= 0.3 is 0 Å². The van der Waals surface area contributed by atoms with Crippen molar-refractivity contribution in [3.05, 3.63) is 65.7 Å². The molecule has 0 aliphatic rings. The molecule has 21 heavy (non-hydrogen) atoms. The first-order valence-electron chi connectivity index (χ1n) is 6.65. The molecule has 0 heterocycles. The molecule has 1 N–H and O–H groups in total. The van der Waals surface area contributed by atoms with Crippen LogP contribution in [0.15, 0.2) is 59.5 Å². The van der Waals surface area contributed by atoms with E-state index in [0.29, 0.717) is 6.42 Å². The molecule has 0 saturated heterocycles. The lowest BCUT2D eigenvalue weighted by Gasteiger charge is -2.11. The summed E-state index contributed by atoms with van der Waals surface area (Å²) in [6.07, 6.45) is -0.516. The quantitative estimate of drug-likeness (QED) is 0.832. The second-order valence-corrected chi connectivity index (χ2v) is 6.51. The van der Waals surface area contributed by atoms with Crippen molar-refractivity contribution in [1.29, 1.82) is 0 Å². The molecule has 0 radical (unpaired) electrons. The van der Waals surface area contributed by atoms with E-state index in [1.54, 1.807) is 12.1 Å². The van der Waals surface area contributed by atoms with E-state index in [4.69, 9.17) is 4.18 Å². The fraction of sp³-hybridized carbons (Fsp3) is 0.250. The van der Waals surface area contributed by atoms with Gasteiger partial charge in [-0.25, -0.2) is 0 Å². The molecule has 1 unspecified atom stereocenters. The van der Waals surface area contributed by atoms with Crippen molar-refractivity contribution in [3.63, 3.8) is 0 Å². The van der Waals surface area contributed by atoms with Gasteiger partial charge in [-0.15, -0.1) is 0 Å². The molecule has 0 spiro atoms. The summed E-state index contributed by atoms with van der Waals surface area (Å²) in [6, 6.07) is 15.8. The van der Waals surface area contributed by atoms with Crippen LogP contribution in [0.2, 0.25) is 0 Å². The Morgan fingerprint density at radius 2 is 1.67 bits per heavy atom. The van der Waals surface area contributed by atoms with Gasteiger partial charge in [0.25, 0.3) is 10.1 Å². The molecule has 1 atom stereocenters. The molecule has 2 aromatic rings. The molecule has 0 fully saturated rings. The van der Waals surface area contributed by atoms with Crippen LogP contribution in [0.3, 0.4) is 0 Å². The molecular formula is C16H18O4S. The zero-order valence-corrected chi connectivity index (χ0v) is 12.6. The van der Waals surface area contributed by atoms with E-state index in [0.717, 1.165) is 11.1 Å². The topological polar surface area (TPSA) is 63.6 Å². The van der Waals surface area contributed by atoms with Crippen molar-refractivity contribution in [1.82, 2.24) is 0 Å². The van der Waals surface area contributed by atoms with Gasteiger partial charge in [0.05, 0.1) is 17.6 Å². The second-order valence-electron chi connectivity index (χ2n) is 4.90. The Balaban J connectivity index is 1.94. The molecule has 0 saturated carbocycles. The van der Waals surface area contributed by atoms with E-state index in [1.807, 2.05) is 37.3 Å². The van der Waals surface area contributed by atoms with E-state index in [-0.39, 0.29) is 11.5 Å². The van der Waals surface area contributed by atoms with Crippen LogP contribution < -0.4 is 0 Å². The normalized spacial score (nSPS) is 13.0. The highest BCUT2D eigenvalue weighted by molar-refractivity contribution is 7.86. The highest BCUT2D eigenvalue weighted by Gasteiger charge is 2.17. The van der Waals surface area contributed by atoms with E-state index in [2.05, 4.69) is 0 Å². The highest BCUT2D eigenvalue weighted by Crippen LogP contribution is 2.14. The number of aliphatic hydroxyl groups is 1. The van der Waals surface area contributed by atoms with Gasteiger partial charge in [-0.2, -0.15) is 8.42 Å². The predicted molar refractivity (Wildman–Crippen MR) is 80.5 cm³/mol. The summed E-state index contributed by atoms with van der Waals surface area (Å²) in [6.45, 7) is 1.62. The summed E-state index contributed by atoms with van der Waals surface area (Å²) in [5.74, 6) is 0. The first-order valence-corrected chi connectivity index (χ1v) is 8.06. The van der Waals surface area contributed by atoms with Crippen molar-refractivity contribution in [2.45, 2.75) is 24.3 Å². The van der Waals surface area contributed by atoms with Crippen molar-refractivity contribution < 1.29 is 17.7 Å². The van der Waals surface area contributed by atoms with Crippen molar-refractivity contribution in [2.75, 3.05) is 6.61 Å². The van der Waals surface area contributed by atoms with Gasteiger partial charge in [0.15, 0.2) is 0 Å². The van der Waals surface area contributed by atoms with Crippen LogP contribution >= 0.6 is 0 Å². The average Bonchev–Trinajstić information content (AvgIpc) is 2.47. The first kappa shape index (κ1) is 15.7. The van der Waals surface area contributed by atoms with Gasteiger partial charge < -0.3 is 5.11 Å². The van der Waals surface area contributed by atoms with E-state index >= 15 is 0 Å². The molecular weight excluding hydrogens is 288 g/mol. The molecule has 2 rings (SSSR count). The maximum absolute atomic E-state index is 12.0. The van der Waals surface area contributed by atoms with Gasteiger partial charge in [0.1, 0.15) is 0 Å². The van der Waals surface area contributed by atoms with Crippen molar-refractivity contribution in [2.24, 2.45) is 0 Å². The average molecular weight is 306 g/mol. The largest absolute Gasteiger partial charge is 0.390 e. The van der Waals surface area contributed by atoms with Crippen LogP contribution in [0.4, 0.5) is 0 Å². The monoisotopic (exact) mass is 306 g/mol. The third-order valence-corrected chi connectivity index (χ3v) is 4.34. The number of benzene rings is 2. The van der Waals surface area contributed by atoms with Gasteiger partial charge in [0, 0.05) is 6.42 Å². The molecule has 5 heteroatoms. The minimum absolute atomic E-state index is 0.0972. The zero-order valence-electron chi connectivity index (χ0n) is 11.8. The van der Waals surface area contributed by atoms with Gasteiger partial charge in [-0.05, 0) is 24.6 Å². The molecule has 2 aromatic carbocycles. The summed E-state index contributed by atoms with van der Waals surface area (Å²) in [5, 5.41) is 9.87. The maximum Gasteiger partial charge on any atom is 0.297 e. The Labute approximate surface area is 125 Å². The Bertz CT molecular complexity index is 663. The third kappa shape index (κ3) is 4.67. The van der Waals surface area contributed by atoms with E-state index in [1.165, 1.54) is 12.1 Å². The molecule has 0 amide bonds. The summed E-state index contributed by atoms with van der Waals surface area (Å²) in [4.78, 5) is 0.0972. The first-order chi connectivity index (χ1) is 9.97. The molecule has 0 aromatic heterocycles. The molecule has 0 aliphatic heterocycles. The highest BCUT2D eigenvalue weighted by atomic mass is 32.2. The fourth-order valence-electron chi connectivity index (χ4n) is 1.89. The lowest BCUT2D eigenvalue weighted by Crippen LogP contribution is -2.21. The number of hydrogen-bond acceptors (Lipinski definition) is 4. The summed E-state index contributed by atoms with van der Waals surface area (Å²) in [7, 11) is -3.82. The molecule has 4 nitrogen and oxygen atoms in total. The Hall–Kier alpha value is -1.69. The van der Waals surface area contributed by atoms with E-state index in [9.17, 15) is 13.5 Å². The van der Waals surface area contributed by atoms with Crippen LogP contribution in [-0.2, 0) is 20.7 Å². The standard InChI is InChI=1S/C16H18O4S/c1-13-7-9-16(10-8-13)21(18,19)20-12-15(17)11-14-5-3-2-4-6-14/h2-10,15,17H,11-12H2,1H3. The fourth-order valence-corrected chi connectivity index (χ4v) is 2.83. The Kier molecular flexibility index (Phi) is 5.12. The van der Waals surface area contributed by atoms with E-state index < -0.39 is 16.2 Å². The summed E-state index contributed by atoms with van der Waals surface area (Å²) >= 11 is 0. The number of rotatable bonds is 6. The molecule has 112 valence electrons. The second kappa shape index (κ2) is 6.85. The minimum atomic E-state index is -3.82. The van der Waals surface area contributed by atoms with Gasteiger partial charge in [0.2, 0.25) is 0 Å². The lowest BCUT2D eigenvalue weighted by atomic mass is 10.1. The van der Waals surface area contributed by atoms with Gasteiger partial charge in [-0.3, -0.25) is 4.18 Å². The van der Waals surface area contributed by atoms with Crippen molar-refractivity contribution in [3.8, 4) is 0 Å². The minimum Gasteiger partial charge on any atom is -0.390 e. The lowest BCUT2D eigenvalue weighted by molar-refractivity contribution is 0.111. The molecule has 0 aliphatic carbocycles. The predicted octanol–water partition coefficient (Wildman–Crippen LogP) is 2.30. The Morgan fingerprint density at radius 3 is 2.29 bits per heavy atom. The van der Waals surface area contributed by atoms with Crippen LogP contribution in [0, 0.1) is 6.92 Å². The van der Waals surface area contributed by atoms with Crippen LogP contribution in [0.1, 0.15) is 11.1 Å². The molecule has 0 bridgehead atoms. The van der Waals surface area contributed by atoms with Gasteiger partial charge in [-0.1, -0.05) is 48.0 Å². The zero-order chi connectivity index (χ0) is 15.3. The summed E-state index contributed by atoms with van der Waals surface area (Å²) in [5.41, 5.74) is 1.90.